The second-order valence-corrected chi connectivity index (χ2v) is 6.24. The number of non-ortho nitro benzene ring substituents is 1. The third-order valence-corrected chi connectivity index (χ3v) is 4.43. The summed E-state index contributed by atoms with van der Waals surface area (Å²) in [5, 5.41) is 11.9. The zero-order chi connectivity index (χ0) is 16.3. The lowest BCUT2D eigenvalue weighted by molar-refractivity contribution is -0.385. The molecule has 7 heteroatoms. The smallest absolute Gasteiger partial charge is 0.270 e. The van der Waals surface area contributed by atoms with Gasteiger partial charge in [0.2, 0.25) is 0 Å². The summed E-state index contributed by atoms with van der Waals surface area (Å²) in [7, 11) is 0. The van der Waals surface area contributed by atoms with E-state index >= 15 is 0 Å². The maximum Gasteiger partial charge on any atom is 0.270 e. The summed E-state index contributed by atoms with van der Waals surface area (Å²) in [5.41, 5.74) is 6.86. The number of nitro benzene ring substituents is 1. The largest absolute Gasteiger partial charge is 0.324 e. The van der Waals surface area contributed by atoms with Gasteiger partial charge in [-0.15, -0.1) is 0 Å². The highest BCUT2D eigenvalue weighted by Crippen LogP contribution is 2.35. The number of nitrogens with zero attached hydrogens (tertiary/aromatic N) is 3. The number of rotatable bonds is 6. The highest BCUT2D eigenvalue weighted by molar-refractivity contribution is 7.99. The number of nitrogens with two attached hydrogens (primary N) is 1. The van der Waals surface area contributed by atoms with E-state index in [1.165, 1.54) is 17.8 Å². The molecule has 0 fully saturated rings. The average molecular weight is 320 g/mol. The molecule has 0 aliphatic rings. The van der Waals surface area contributed by atoms with Gasteiger partial charge in [0, 0.05) is 23.6 Å². The summed E-state index contributed by atoms with van der Waals surface area (Å²) in [6.45, 7) is 7.36. The Bertz CT molecular complexity index is 682. The van der Waals surface area contributed by atoms with E-state index in [0.717, 1.165) is 28.0 Å². The number of aromatic nitrogens is 2. The Morgan fingerprint density at radius 1 is 1.45 bits per heavy atom. The highest BCUT2D eigenvalue weighted by atomic mass is 32.2. The van der Waals surface area contributed by atoms with E-state index < -0.39 is 0 Å². The van der Waals surface area contributed by atoms with Gasteiger partial charge in [-0.1, -0.05) is 31.7 Å². The highest BCUT2D eigenvalue weighted by Gasteiger charge is 2.19. The van der Waals surface area contributed by atoms with Gasteiger partial charge in [0.15, 0.2) is 0 Å². The van der Waals surface area contributed by atoms with Crippen LogP contribution in [0.3, 0.4) is 0 Å². The molecule has 6 nitrogen and oxygen atoms in total. The molecule has 0 amide bonds. The second kappa shape index (κ2) is 6.93. The number of hydrogen-bond donors (Lipinski definition) is 1. The first-order valence-corrected chi connectivity index (χ1v) is 8.01. The SMILES string of the molecule is CCn1c(CN)nc(C(C)C)c1Sc1cccc([N+](=O)[O-])c1. The number of imidazole rings is 1. The van der Waals surface area contributed by atoms with E-state index in [1.54, 1.807) is 12.1 Å². The van der Waals surface area contributed by atoms with E-state index in [0.29, 0.717) is 6.54 Å². The number of hydrogen-bond acceptors (Lipinski definition) is 5. The van der Waals surface area contributed by atoms with E-state index in [9.17, 15) is 10.1 Å². The lowest BCUT2D eigenvalue weighted by Gasteiger charge is -2.10. The van der Waals surface area contributed by atoms with Crippen molar-refractivity contribution < 1.29 is 4.92 Å². The molecular weight excluding hydrogens is 300 g/mol. The summed E-state index contributed by atoms with van der Waals surface area (Å²) in [6.07, 6.45) is 0. The molecule has 0 atom stereocenters. The first-order valence-electron chi connectivity index (χ1n) is 7.19. The van der Waals surface area contributed by atoms with Crippen molar-refractivity contribution in [1.29, 1.82) is 0 Å². The van der Waals surface area contributed by atoms with Crippen LogP contribution in [0.2, 0.25) is 0 Å². The fraction of sp³-hybridized carbons (Fsp3) is 0.400. The Morgan fingerprint density at radius 3 is 2.73 bits per heavy atom. The quantitative estimate of drug-likeness (QED) is 0.649. The summed E-state index contributed by atoms with van der Waals surface area (Å²) in [4.78, 5) is 16.0. The molecule has 0 spiro atoms. The molecule has 2 aromatic rings. The molecule has 1 heterocycles. The Balaban J connectivity index is 2.45. The van der Waals surface area contributed by atoms with Gasteiger partial charge in [0.1, 0.15) is 10.9 Å². The average Bonchev–Trinajstić information content (AvgIpc) is 2.85. The van der Waals surface area contributed by atoms with Gasteiger partial charge in [0.25, 0.3) is 5.69 Å². The third-order valence-electron chi connectivity index (χ3n) is 3.31. The van der Waals surface area contributed by atoms with Crippen molar-refractivity contribution in [3.63, 3.8) is 0 Å². The van der Waals surface area contributed by atoms with Gasteiger partial charge in [0.05, 0.1) is 17.2 Å². The molecular formula is C15H20N4O2S. The van der Waals surface area contributed by atoms with Crippen molar-refractivity contribution in [2.45, 2.75) is 49.7 Å². The third kappa shape index (κ3) is 3.31. The van der Waals surface area contributed by atoms with Crippen molar-refractivity contribution in [3.8, 4) is 0 Å². The van der Waals surface area contributed by atoms with Crippen LogP contribution in [0.4, 0.5) is 5.69 Å². The van der Waals surface area contributed by atoms with Crippen molar-refractivity contribution in [1.82, 2.24) is 9.55 Å². The van der Waals surface area contributed by atoms with Crippen LogP contribution in [0.1, 0.15) is 38.2 Å². The van der Waals surface area contributed by atoms with Crippen LogP contribution in [0, 0.1) is 10.1 Å². The van der Waals surface area contributed by atoms with E-state index in [2.05, 4.69) is 23.4 Å². The molecule has 2 rings (SSSR count). The minimum atomic E-state index is -0.379. The van der Waals surface area contributed by atoms with E-state index in [-0.39, 0.29) is 16.5 Å². The van der Waals surface area contributed by atoms with Crippen molar-refractivity contribution in [2.24, 2.45) is 5.73 Å². The fourth-order valence-electron chi connectivity index (χ4n) is 2.24. The zero-order valence-corrected chi connectivity index (χ0v) is 13.8. The molecule has 0 radical (unpaired) electrons. The molecule has 0 aliphatic heterocycles. The summed E-state index contributed by atoms with van der Waals surface area (Å²) >= 11 is 1.50. The Morgan fingerprint density at radius 2 is 2.18 bits per heavy atom. The summed E-state index contributed by atoms with van der Waals surface area (Å²) in [6, 6.07) is 6.66. The monoisotopic (exact) mass is 320 g/mol. The summed E-state index contributed by atoms with van der Waals surface area (Å²) < 4.78 is 2.08. The van der Waals surface area contributed by atoms with Crippen LogP contribution in [0.15, 0.2) is 34.2 Å². The topological polar surface area (TPSA) is 87.0 Å². The molecule has 1 aromatic heterocycles. The Labute approximate surface area is 133 Å². The molecule has 118 valence electrons. The maximum atomic E-state index is 10.9. The molecule has 0 saturated heterocycles. The predicted molar refractivity (Wildman–Crippen MR) is 87.1 cm³/mol. The Hall–Kier alpha value is -1.86. The minimum absolute atomic E-state index is 0.0951. The molecule has 0 aliphatic carbocycles. The van der Waals surface area contributed by atoms with Crippen LogP contribution in [-0.4, -0.2) is 14.5 Å². The van der Waals surface area contributed by atoms with Gasteiger partial charge in [-0.2, -0.15) is 0 Å². The van der Waals surface area contributed by atoms with E-state index in [1.807, 2.05) is 13.0 Å². The van der Waals surface area contributed by atoms with Crippen LogP contribution in [0.5, 0.6) is 0 Å². The van der Waals surface area contributed by atoms with Crippen LogP contribution in [0.25, 0.3) is 0 Å². The lowest BCUT2D eigenvalue weighted by atomic mass is 10.1. The van der Waals surface area contributed by atoms with Crippen LogP contribution >= 0.6 is 11.8 Å². The lowest BCUT2D eigenvalue weighted by Crippen LogP contribution is -2.07. The van der Waals surface area contributed by atoms with Gasteiger partial charge < -0.3 is 10.3 Å². The molecule has 1 aromatic carbocycles. The molecule has 2 N–H and O–H groups in total. The van der Waals surface area contributed by atoms with Gasteiger partial charge in [-0.05, 0) is 18.9 Å². The van der Waals surface area contributed by atoms with Crippen molar-refractivity contribution >= 4 is 17.4 Å². The minimum Gasteiger partial charge on any atom is -0.324 e. The predicted octanol–water partition coefficient (Wildman–Crippen LogP) is 3.54. The molecule has 0 unspecified atom stereocenters. The first-order chi connectivity index (χ1) is 10.5. The molecule has 22 heavy (non-hydrogen) atoms. The second-order valence-electron chi connectivity index (χ2n) is 5.18. The van der Waals surface area contributed by atoms with Gasteiger partial charge >= 0.3 is 0 Å². The van der Waals surface area contributed by atoms with E-state index in [4.69, 9.17) is 5.73 Å². The normalized spacial score (nSPS) is 11.1. The maximum absolute atomic E-state index is 10.9. The molecule has 0 bridgehead atoms. The number of nitro groups is 1. The standard InChI is InChI=1S/C15H20N4O2S/c1-4-18-13(9-16)17-14(10(2)3)15(18)22-12-7-5-6-11(8-12)19(20)21/h5-8,10H,4,9,16H2,1-3H3. The Kier molecular flexibility index (Phi) is 5.20. The first kappa shape index (κ1) is 16.5. The van der Waals surface area contributed by atoms with Gasteiger partial charge in [-0.25, -0.2) is 4.98 Å². The summed E-state index contributed by atoms with van der Waals surface area (Å²) in [5.74, 6) is 1.11. The number of benzene rings is 1. The van der Waals surface area contributed by atoms with Gasteiger partial charge in [-0.3, -0.25) is 10.1 Å². The zero-order valence-electron chi connectivity index (χ0n) is 12.9. The van der Waals surface area contributed by atoms with Crippen LogP contribution in [-0.2, 0) is 13.1 Å². The fourth-order valence-corrected chi connectivity index (χ4v) is 3.52. The van der Waals surface area contributed by atoms with Crippen molar-refractivity contribution in [2.75, 3.05) is 0 Å². The van der Waals surface area contributed by atoms with Crippen molar-refractivity contribution in [3.05, 3.63) is 45.9 Å². The van der Waals surface area contributed by atoms with Crippen LogP contribution < -0.4 is 5.73 Å². The molecule has 0 saturated carbocycles.